The second-order valence-corrected chi connectivity index (χ2v) is 8.11. The maximum Gasteiger partial charge on any atom is 0.249 e. The summed E-state index contributed by atoms with van der Waals surface area (Å²) in [5, 5.41) is 12.4. The third-order valence-electron chi connectivity index (χ3n) is 4.95. The Kier molecular flexibility index (Phi) is 4.99. The molecule has 3 rings (SSSR count). The molecule has 2 aliphatic rings. The van der Waals surface area contributed by atoms with Crippen molar-refractivity contribution >= 4 is 28.8 Å². The van der Waals surface area contributed by atoms with E-state index in [1.165, 1.54) is 17.5 Å². The highest BCUT2D eigenvalue weighted by atomic mass is 35.5. The molecule has 0 bridgehead atoms. The lowest BCUT2D eigenvalue weighted by Crippen LogP contribution is -2.53. The number of fused-ring (bicyclic) bond motifs is 2. The van der Waals surface area contributed by atoms with Gasteiger partial charge >= 0.3 is 0 Å². The molecule has 1 saturated heterocycles. The third-order valence-corrected chi connectivity index (χ3v) is 6.44. The highest BCUT2D eigenvalue weighted by Crippen LogP contribution is 2.47. The zero-order valence-electron chi connectivity index (χ0n) is 13.5. The van der Waals surface area contributed by atoms with Gasteiger partial charge in [-0.05, 0) is 37.8 Å². The van der Waals surface area contributed by atoms with Crippen LogP contribution in [0.3, 0.4) is 0 Å². The second kappa shape index (κ2) is 6.69. The van der Waals surface area contributed by atoms with Crippen LogP contribution in [0.5, 0.6) is 0 Å². The smallest absolute Gasteiger partial charge is 0.249 e. The number of amides is 1. The maximum absolute atomic E-state index is 11.5. The summed E-state index contributed by atoms with van der Waals surface area (Å²) >= 11 is 7.84. The van der Waals surface area contributed by atoms with Crippen molar-refractivity contribution in [2.24, 2.45) is 0 Å². The number of likely N-dealkylation sites (N-methyl/N-ethyl adjacent to an activating group) is 1. The van der Waals surface area contributed by atoms with Crippen LogP contribution >= 0.6 is 22.9 Å². The van der Waals surface area contributed by atoms with Gasteiger partial charge in [-0.3, -0.25) is 9.69 Å². The topological polar surface area (TPSA) is 61.8 Å². The SMILES string of the molecule is CNC(=O)[C@@H](O)CN1CC[C@]2(C[C@@H]1C)OCCc1cc(Cl)sc12. The van der Waals surface area contributed by atoms with Crippen molar-refractivity contribution in [2.75, 3.05) is 26.7 Å². The minimum absolute atomic E-state index is 0.231. The van der Waals surface area contributed by atoms with E-state index in [2.05, 4.69) is 23.2 Å². The molecule has 0 aromatic carbocycles. The summed E-state index contributed by atoms with van der Waals surface area (Å²) in [6, 6.07) is 2.30. The Labute approximate surface area is 145 Å². The van der Waals surface area contributed by atoms with Crippen LogP contribution in [-0.2, 0) is 21.6 Å². The zero-order valence-corrected chi connectivity index (χ0v) is 15.0. The summed E-state index contributed by atoms with van der Waals surface area (Å²) in [4.78, 5) is 15.0. The number of rotatable bonds is 3. The fourth-order valence-electron chi connectivity index (χ4n) is 3.72. The number of β-amino-alcohol motifs (C(OH)–C–C–N with tert-alkyl or cyclic N) is 1. The molecule has 1 spiro atoms. The van der Waals surface area contributed by atoms with Gasteiger partial charge in [0.1, 0.15) is 11.7 Å². The molecule has 0 saturated carbocycles. The van der Waals surface area contributed by atoms with E-state index < -0.39 is 6.10 Å². The van der Waals surface area contributed by atoms with Crippen molar-refractivity contribution in [3.63, 3.8) is 0 Å². The molecule has 3 heterocycles. The highest BCUT2D eigenvalue weighted by Gasteiger charge is 2.45. The Hall–Kier alpha value is -0.660. The monoisotopic (exact) mass is 358 g/mol. The average Bonchev–Trinajstić information content (AvgIpc) is 2.91. The largest absolute Gasteiger partial charge is 0.382 e. The van der Waals surface area contributed by atoms with E-state index in [0.29, 0.717) is 6.54 Å². The minimum atomic E-state index is -0.990. The summed E-state index contributed by atoms with van der Waals surface area (Å²) < 4.78 is 7.05. The van der Waals surface area contributed by atoms with Gasteiger partial charge in [-0.25, -0.2) is 0 Å². The zero-order chi connectivity index (χ0) is 16.6. The molecule has 7 heteroatoms. The predicted octanol–water partition coefficient (Wildman–Crippen LogP) is 1.76. The number of carbonyl (C=O) groups is 1. The lowest BCUT2D eigenvalue weighted by atomic mass is 9.82. The third kappa shape index (κ3) is 3.28. The van der Waals surface area contributed by atoms with Gasteiger partial charge in [0.05, 0.1) is 10.9 Å². The number of aliphatic hydroxyl groups is 1. The number of likely N-dealkylation sites (tertiary alicyclic amines) is 1. The lowest BCUT2D eigenvalue weighted by molar-refractivity contribution is -0.133. The van der Waals surface area contributed by atoms with Crippen molar-refractivity contribution in [3.05, 3.63) is 20.8 Å². The van der Waals surface area contributed by atoms with E-state index in [9.17, 15) is 9.90 Å². The first-order chi connectivity index (χ1) is 10.9. The number of carbonyl (C=O) groups excluding carboxylic acids is 1. The molecule has 1 aromatic heterocycles. The first kappa shape index (κ1) is 17.2. The molecule has 0 aliphatic carbocycles. The van der Waals surface area contributed by atoms with Gasteiger partial charge in [0.15, 0.2) is 0 Å². The molecule has 2 aliphatic heterocycles. The summed E-state index contributed by atoms with van der Waals surface area (Å²) in [6.45, 7) is 4.01. The van der Waals surface area contributed by atoms with Crippen LogP contribution < -0.4 is 5.32 Å². The Morgan fingerprint density at radius 2 is 2.48 bits per heavy atom. The number of hydrogen-bond donors (Lipinski definition) is 2. The quantitative estimate of drug-likeness (QED) is 0.864. The van der Waals surface area contributed by atoms with Crippen molar-refractivity contribution in [1.82, 2.24) is 10.2 Å². The van der Waals surface area contributed by atoms with Gasteiger partial charge in [0.25, 0.3) is 0 Å². The molecule has 0 radical (unpaired) electrons. The van der Waals surface area contributed by atoms with Gasteiger partial charge in [-0.1, -0.05) is 11.6 Å². The van der Waals surface area contributed by atoms with Crippen LogP contribution in [0, 0.1) is 0 Å². The molecular formula is C16H23ClN2O3S. The van der Waals surface area contributed by atoms with E-state index in [4.69, 9.17) is 16.3 Å². The van der Waals surface area contributed by atoms with Gasteiger partial charge in [0.2, 0.25) is 5.91 Å². The van der Waals surface area contributed by atoms with E-state index >= 15 is 0 Å². The molecule has 3 atom stereocenters. The Morgan fingerprint density at radius 3 is 3.17 bits per heavy atom. The first-order valence-electron chi connectivity index (χ1n) is 8.01. The maximum atomic E-state index is 11.5. The van der Waals surface area contributed by atoms with Crippen LogP contribution in [-0.4, -0.2) is 54.8 Å². The Balaban J connectivity index is 1.73. The number of hydrogen-bond acceptors (Lipinski definition) is 5. The number of piperidine rings is 1. The van der Waals surface area contributed by atoms with Crippen molar-refractivity contribution in [1.29, 1.82) is 0 Å². The van der Waals surface area contributed by atoms with Gasteiger partial charge in [-0.15, -0.1) is 11.3 Å². The number of thiophene rings is 1. The minimum Gasteiger partial charge on any atom is -0.382 e. The van der Waals surface area contributed by atoms with Crippen LogP contribution in [0.4, 0.5) is 0 Å². The van der Waals surface area contributed by atoms with Crippen LogP contribution in [0.25, 0.3) is 0 Å². The van der Waals surface area contributed by atoms with Crippen LogP contribution in [0.1, 0.15) is 30.2 Å². The normalized spacial score (nSPS) is 29.3. The Morgan fingerprint density at radius 1 is 1.70 bits per heavy atom. The van der Waals surface area contributed by atoms with E-state index in [1.807, 2.05) is 0 Å². The molecule has 2 N–H and O–H groups in total. The van der Waals surface area contributed by atoms with Crippen molar-refractivity contribution < 1.29 is 14.6 Å². The molecule has 1 aromatic rings. The summed E-state index contributed by atoms with van der Waals surface area (Å²) in [7, 11) is 1.54. The molecule has 23 heavy (non-hydrogen) atoms. The number of ether oxygens (including phenoxy) is 1. The average molecular weight is 359 g/mol. The molecule has 1 amide bonds. The fraction of sp³-hybridized carbons (Fsp3) is 0.688. The van der Waals surface area contributed by atoms with Crippen LogP contribution in [0.15, 0.2) is 6.07 Å². The van der Waals surface area contributed by atoms with Crippen molar-refractivity contribution in [3.8, 4) is 0 Å². The number of nitrogens with zero attached hydrogens (tertiary/aromatic N) is 1. The molecule has 5 nitrogen and oxygen atoms in total. The number of halogens is 1. The van der Waals surface area contributed by atoms with Crippen molar-refractivity contribution in [2.45, 2.75) is 43.9 Å². The van der Waals surface area contributed by atoms with Gasteiger partial charge in [0, 0.05) is 31.1 Å². The number of aliphatic hydroxyl groups excluding tert-OH is 1. The Bertz CT molecular complexity index is 594. The predicted molar refractivity (Wildman–Crippen MR) is 91.0 cm³/mol. The summed E-state index contributed by atoms with van der Waals surface area (Å²) in [5.41, 5.74) is 1.07. The second-order valence-electron chi connectivity index (χ2n) is 6.43. The van der Waals surface area contributed by atoms with E-state index in [-0.39, 0.29) is 17.6 Å². The van der Waals surface area contributed by atoms with Crippen LogP contribution in [0.2, 0.25) is 4.34 Å². The first-order valence-corrected chi connectivity index (χ1v) is 9.21. The standard InChI is InChI=1S/C16H23ClN2O3S/c1-10-8-16(4-5-19(10)9-12(20)15(21)18-2)14-11(3-6-22-16)7-13(17)23-14/h7,10,12,20H,3-6,8-9H2,1-2H3,(H,18,21)/t10-,12-,16+/m0/s1. The van der Waals surface area contributed by atoms with E-state index in [0.717, 1.165) is 36.8 Å². The number of nitrogens with one attached hydrogen (secondary N) is 1. The summed E-state index contributed by atoms with van der Waals surface area (Å²) in [5.74, 6) is -0.335. The highest BCUT2D eigenvalue weighted by molar-refractivity contribution is 7.16. The van der Waals surface area contributed by atoms with Gasteiger partial charge in [-0.2, -0.15) is 0 Å². The molecular weight excluding hydrogens is 336 g/mol. The molecule has 128 valence electrons. The summed E-state index contributed by atoms with van der Waals surface area (Å²) in [6.07, 6.45) is 1.66. The van der Waals surface area contributed by atoms with E-state index in [1.54, 1.807) is 11.3 Å². The van der Waals surface area contributed by atoms with Gasteiger partial charge < -0.3 is 15.2 Å². The lowest BCUT2D eigenvalue weighted by Gasteiger charge is -2.47. The fourth-order valence-corrected chi connectivity index (χ4v) is 5.20. The molecule has 0 unspecified atom stereocenters. The molecule has 1 fully saturated rings.